The summed E-state index contributed by atoms with van der Waals surface area (Å²) >= 11 is 5.13. The molecule has 2 atom stereocenters. The molecule has 2 nitrogen and oxygen atoms in total. The number of hydrogen-bond acceptors (Lipinski definition) is 2. The van der Waals surface area contributed by atoms with E-state index in [2.05, 4.69) is 16.9 Å². The Morgan fingerprint density at radius 2 is 2.29 bits per heavy atom. The highest BCUT2D eigenvalue weighted by molar-refractivity contribution is 7.71. The molecule has 1 aliphatic rings. The minimum atomic E-state index is 0.594. The molecule has 0 saturated heterocycles. The number of aryl methyl sites for hydroxylation is 1. The molecule has 14 heavy (non-hydrogen) atoms. The molecule has 1 fully saturated rings. The van der Waals surface area contributed by atoms with E-state index in [0.29, 0.717) is 5.92 Å². The van der Waals surface area contributed by atoms with Crippen LogP contribution in [0.25, 0.3) is 0 Å². The van der Waals surface area contributed by atoms with E-state index in [-0.39, 0.29) is 0 Å². The summed E-state index contributed by atoms with van der Waals surface area (Å²) < 4.78 is 0.718. The number of hydrogen-bond donors (Lipinski definition) is 1. The molecular weight excluding hydrogens is 192 g/mol. The number of nitrogens with one attached hydrogen (secondary N) is 1. The average Bonchev–Trinajstić information content (AvgIpc) is 2.49. The summed E-state index contributed by atoms with van der Waals surface area (Å²) in [7, 11) is 0. The van der Waals surface area contributed by atoms with Gasteiger partial charge in [0.1, 0.15) is 10.5 Å². The highest BCUT2D eigenvalue weighted by atomic mass is 32.1. The lowest BCUT2D eigenvalue weighted by Crippen LogP contribution is -2.08. The molecule has 1 saturated carbocycles. The molecule has 0 spiro atoms. The second-order valence-corrected chi connectivity index (χ2v) is 4.72. The zero-order valence-electron chi connectivity index (χ0n) is 8.71. The number of nitrogens with zero attached hydrogens (tertiary/aromatic N) is 1. The van der Waals surface area contributed by atoms with Gasteiger partial charge in [-0.3, -0.25) is 0 Å². The Labute approximate surface area is 89.8 Å². The maximum Gasteiger partial charge on any atom is 0.129 e. The Hall–Kier alpha value is -0.700. The Morgan fingerprint density at radius 1 is 1.50 bits per heavy atom. The van der Waals surface area contributed by atoms with Gasteiger partial charge in [0.15, 0.2) is 0 Å². The first-order valence-electron chi connectivity index (χ1n) is 5.24. The summed E-state index contributed by atoms with van der Waals surface area (Å²) in [5.41, 5.74) is 1.12. The largest absolute Gasteiger partial charge is 0.347 e. The van der Waals surface area contributed by atoms with Gasteiger partial charge in [-0.1, -0.05) is 25.6 Å². The average molecular weight is 208 g/mol. The summed E-state index contributed by atoms with van der Waals surface area (Å²) in [6, 6.07) is 1.92. The van der Waals surface area contributed by atoms with Crippen LogP contribution in [0.15, 0.2) is 6.07 Å². The van der Waals surface area contributed by atoms with Gasteiger partial charge in [-0.05, 0) is 31.7 Å². The smallest absolute Gasteiger partial charge is 0.129 e. The van der Waals surface area contributed by atoms with Gasteiger partial charge in [0.2, 0.25) is 0 Å². The van der Waals surface area contributed by atoms with Crippen molar-refractivity contribution in [2.45, 2.75) is 39.0 Å². The van der Waals surface area contributed by atoms with Crippen molar-refractivity contribution in [2.24, 2.45) is 5.92 Å². The van der Waals surface area contributed by atoms with E-state index in [4.69, 9.17) is 12.2 Å². The second-order valence-electron chi connectivity index (χ2n) is 4.30. The molecule has 2 unspecified atom stereocenters. The van der Waals surface area contributed by atoms with E-state index in [1.165, 1.54) is 19.3 Å². The first kappa shape index (κ1) is 9.84. The molecule has 1 aliphatic carbocycles. The topological polar surface area (TPSA) is 28.7 Å². The standard InChI is InChI=1S/C11H16N2S/c1-7-4-3-5-9(7)11-12-8(2)6-10(14)13-11/h6-7,9H,3-5H2,1-2H3,(H,12,13,14). The first-order valence-corrected chi connectivity index (χ1v) is 5.65. The maximum absolute atomic E-state index is 5.13. The van der Waals surface area contributed by atoms with Gasteiger partial charge in [0, 0.05) is 11.6 Å². The van der Waals surface area contributed by atoms with Crippen LogP contribution in [0.1, 0.15) is 43.6 Å². The van der Waals surface area contributed by atoms with Crippen molar-refractivity contribution in [3.63, 3.8) is 0 Å². The van der Waals surface area contributed by atoms with Crippen molar-refractivity contribution in [2.75, 3.05) is 0 Å². The van der Waals surface area contributed by atoms with Gasteiger partial charge < -0.3 is 4.98 Å². The van der Waals surface area contributed by atoms with Crippen molar-refractivity contribution < 1.29 is 0 Å². The highest BCUT2D eigenvalue weighted by Crippen LogP contribution is 2.37. The third-order valence-corrected chi connectivity index (χ3v) is 3.32. The number of aromatic amines is 1. The zero-order valence-corrected chi connectivity index (χ0v) is 9.53. The fourth-order valence-corrected chi connectivity index (χ4v) is 2.60. The first-order chi connectivity index (χ1) is 6.66. The molecule has 1 aromatic heterocycles. The lowest BCUT2D eigenvalue weighted by Gasteiger charge is -2.14. The minimum absolute atomic E-state index is 0.594. The molecule has 0 aliphatic heterocycles. The Balaban J connectivity index is 2.36. The lowest BCUT2D eigenvalue weighted by molar-refractivity contribution is 0.508. The van der Waals surface area contributed by atoms with E-state index < -0.39 is 0 Å². The molecule has 1 N–H and O–H groups in total. The van der Waals surface area contributed by atoms with Crippen LogP contribution in [0.3, 0.4) is 0 Å². The van der Waals surface area contributed by atoms with Gasteiger partial charge in [0.05, 0.1) is 0 Å². The Morgan fingerprint density at radius 3 is 2.86 bits per heavy atom. The van der Waals surface area contributed by atoms with E-state index in [9.17, 15) is 0 Å². The quantitative estimate of drug-likeness (QED) is 0.717. The predicted octanol–water partition coefficient (Wildman–Crippen LogP) is 3.35. The van der Waals surface area contributed by atoms with Gasteiger partial charge in [-0.15, -0.1) is 0 Å². The van der Waals surface area contributed by atoms with Crippen molar-refractivity contribution >= 4 is 12.2 Å². The van der Waals surface area contributed by atoms with Crippen LogP contribution in [0.5, 0.6) is 0 Å². The monoisotopic (exact) mass is 208 g/mol. The molecule has 0 bridgehead atoms. The van der Waals surface area contributed by atoms with Crippen LogP contribution in [-0.4, -0.2) is 9.97 Å². The normalized spacial score (nSPS) is 26.7. The van der Waals surface area contributed by atoms with E-state index in [1.807, 2.05) is 13.0 Å². The van der Waals surface area contributed by atoms with E-state index in [1.54, 1.807) is 0 Å². The van der Waals surface area contributed by atoms with Crippen LogP contribution in [0.4, 0.5) is 0 Å². The second kappa shape index (κ2) is 3.81. The molecule has 2 rings (SSSR count). The van der Waals surface area contributed by atoms with Crippen LogP contribution in [-0.2, 0) is 0 Å². The summed E-state index contributed by atoms with van der Waals surface area (Å²) in [5, 5.41) is 0. The SMILES string of the molecule is Cc1cc(=S)nc(C2CCCC2C)[nH]1. The highest BCUT2D eigenvalue weighted by Gasteiger charge is 2.26. The summed E-state index contributed by atoms with van der Waals surface area (Å²) in [4.78, 5) is 7.77. The van der Waals surface area contributed by atoms with Crippen LogP contribution in [0.2, 0.25) is 0 Å². The van der Waals surface area contributed by atoms with Crippen LogP contribution < -0.4 is 0 Å². The van der Waals surface area contributed by atoms with Gasteiger partial charge >= 0.3 is 0 Å². The molecule has 3 heteroatoms. The third kappa shape index (κ3) is 1.87. The van der Waals surface area contributed by atoms with E-state index in [0.717, 1.165) is 22.1 Å². The number of aromatic nitrogens is 2. The van der Waals surface area contributed by atoms with Crippen molar-refractivity contribution in [3.05, 3.63) is 22.2 Å². The van der Waals surface area contributed by atoms with Crippen molar-refractivity contribution in [3.8, 4) is 0 Å². The van der Waals surface area contributed by atoms with Crippen LogP contribution in [0, 0.1) is 17.5 Å². The summed E-state index contributed by atoms with van der Waals surface area (Å²) in [5.74, 6) is 2.44. The fraction of sp³-hybridized carbons (Fsp3) is 0.636. The fourth-order valence-electron chi connectivity index (χ4n) is 2.33. The zero-order chi connectivity index (χ0) is 10.1. The van der Waals surface area contributed by atoms with Crippen LogP contribution >= 0.6 is 12.2 Å². The van der Waals surface area contributed by atoms with Gasteiger partial charge in [-0.2, -0.15) is 0 Å². The molecule has 0 amide bonds. The van der Waals surface area contributed by atoms with Gasteiger partial charge in [0.25, 0.3) is 0 Å². The third-order valence-electron chi connectivity index (χ3n) is 3.11. The molecule has 1 aromatic rings. The summed E-state index contributed by atoms with van der Waals surface area (Å²) in [6.07, 6.45) is 3.89. The Kier molecular flexibility index (Phi) is 2.68. The van der Waals surface area contributed by atoms with Crippen molar-refractivity contribution in [1.29, 1.82) is 0 Å². The predicted molar refractivity (Wildman–Crippen MR) is 59.9 cm³/mol. The molecule has 1 heterocycles. The molecular formula is C11H16N2S. The number of H-pyrrole nitrogens is 1. The maximum atomic E-state index is 5.13. The van der Waals surface area contributed by atoms with Gasteiger partial charge in [-0.25, -0.2) is 4.98 Å². The summed E-state index contributed by atoms with van der Waals surface area (Å²) in [6.45, 7) is 4.35. The van der Waals surface area contributed by atoms with Crippen molar-refractivity contribution in [1.82, 2.24) is 9.97 Å². The lowest BCUT2D eigenvalue weighted by atomic mass is 9.97. The van der Waals surface area contributed by atoms with E-state index >= 15 is 0 Å². The Bertz CT molecular complexity index is 383. The number of rotatable bonds is 1. The molecule has 76 valence electrons. The molecule has 0 aromatic carbocycles. The molecule has 0 radical (unpaired) electrons. The minimum Gasteiger partial charge on any atom is -0.347 e.